The van der Waals surface area contributed by atoms with Gasteiger partial charge >= 0.3 is 0 Å². The second kappa shape index (κ2) is 9.77. The number of piperidine rings is 1. The summed E-state index contributed by atoms with van der Waals surface area (Å²) in [5.74, 6) is 0.837. The van der Waals surface area contributed by atoms with E-state index in [9.17, 15) is 9.59 Å². The summed E-state index contributed by atoms with van der Waals surface area (Å²) < 4.78 is 0. The Bertz CT molecular complexity index is 446. The van der Waals surface area contributed by atoms with Gasteiger partial charge in [-0.15, -0.1) is 12.4 Å². The minimum atomic E-state index is 0. The third kappa shape index (κ3) is 5.58. The fourth-order valence-corrected chi connectivity index (χ4v) is 4.55. The van der Waals surface area contributed by atoms with Crippen molar-refractivity contribution in [3.05, 3.63) is 0 Å². The monoisotopic (exact) mass is 371 g/mol. The Balaban J connectivity index is 0.00000225. The lowest BCUT2D eigenvalue weighted by atomic mass is 9.84. The van der Waals surface area contributed by atoms with E-state index in [1.165, 1.54) is 12.8 Å². The van der Waals surface area contributed by atoms with E-state index in [1.807, 2.05) is 0 Å². The van der Waals surface area contributed by atoms with E-state index >= 15 is 0 Å². The van der Waals surface area contributed by atoms with Gasteiger partial charge in [-0.05, 0) is 64.8 Å². The summed E-state index contributed by atoms with van der Waals surface area (Å²) in [6.45, 7) is 3.21. The van der Waals surface area contributed by atoms with Gasteiger partial charge in [0, 0.05) is 30.0 Å². The average Bonchev–Trinajstić information content (AvgIpc) is 3.12. The van der Waals surface area contributed by atoms with Crippen molar-refractivity contribution in [3.8, 4) is 0 Å². The molecule has 0 spiro atoms. The lowest BCUT2D eigenvalue weighted by Crippen LogP contribution is -2.53. The predicted octanol–water partition coefficient (Wildman–Crippen LogP) is 2.53. The van der Waals surface area contributed by atoms with E-state index in [0.717, 1.165) is 57.9 Å². The maximum absolute atomic E-state index is 12.5. The maximum atomic E-state index is 12.5. The molecule has 2 saturated carbocycles. The third-order valence-corrected chi connectivity index (χ3v) is 6.26. The number of halogens is 1. The molecule has 1 saturated heterocycles. The number of rotatable bonds is 4. The quantitative estimate of drug-likeness (QED) is 0.711. The summed E-state index contributed by atoms with van der Waals surface area (Å²) in [5, 5.41) is 9.91. The van der Waals surface area contributed by atoms with Crippen LogP contribution in [0.1, 0.15) is 71.1 Å². The number of carbonyl (C=O) groups is 2. The summed E-state index contributed by atoms with van der Waals surface area (Å²) in [6.07, 6.45) is 10.4. The van der Waals surface area contributed by atoms with E-state index in [2.05, 4.69) is 22.9 Å². The second-order valence-corrected chi connectivity index (χ2v) is 8.04. The Kier molecular flexibility index (Phi) is 8.01. The molecule has 2 atom stereocenters. The molecule has 3 N–H and O–H groups in total. The average molecular weight is 372 g/mol. The molecule has 25 heavy (non-hydrogen) atoms. The van der Waals surface area contributed by atoms with Crippen molar-refractivity contribution in [3.63, 3.8) is 0 Å². The molecule has 2 amide bonds. The van der Waals surface area contributed by atoms with Gasteiger partial charge in [0.2, 0.25) is 11.8 Å². The van der Waals surface area contributed by atoms with E-state index in [1.54, 1.807) is 0 Å². The maximum Gasteiger partial charge on any atom is 0.223 e. The van der Waals surface area contributed by atoms with Crippen LogP contribution in [0.3, 0.4) is 0 Å². The topological polar surface area (TPSA) is 70.2 Å². The summed E-state index contributed by atoms with van der Waals surface area (Å²) in [7, 11) is 0. The molecule has 3 aliphatic rings. The number of hydrogen-bond donors (Lipinski definition) is 3. The molecule has 0 aromatic carbocycles. The highest BCUT2D eigenvalue weighted by Crippen LogP contribution is 2.28. The van der Waals surface area contributed by atoms with Crippen molar-refractivity contribution >= 4 is 24.2 Å². The van der Waals surface area contributed by atoms with Crippen LogP contribution in [-0.2, 0) is 9.59 Å². The highest BCUT2D eigenvalue weighted by atomic mass is 35.5. The molecule has 1 heterocycles. The van der Waals surface area contributed by atoms with Crippen LogP contribution in [0.5, 0.6) is 0 Å². The molecular weight excluding hydrogens is 338 g/mol. The molecule has 0 bridgehead atoms. The van der Waals surface area contributed by atoms with E-state index in [4.69, 9.17) is 0 Å². The first-order valence-electron chi connectivity index (χ1n) is 9.97. The first-order valence-corrected chi connectivity index (χ1v) is 9.97. The fourth-order valence-electron chi connectivity index (χ4n) is 4.55. The molecule has 3 rings (SSSR count). The van der Waals surface area contributed by atoms with Gasteiger partial charge < -0.3 is 16.0 Å². The summed E-state index contributed by atoms with van der Waals surface area (Å²) >= 11 is 0. The molecule has 0 radical (unpaired) electrons. The van der Waals surface area contributed by atoms with Crippen molar-refractivity contribution in [2.75, 3.05) is 6.54 Å². The predicted molar refractivity (Wildman–Crippen MR) is 102 cm³/mol. The Labute approximate surface area is 157 Å². The molecule has 6 heteroatoms. The van der Waals surface area contributed by atoms with Crippen molar-refractivity contribution in [2.45, 2.75) is 89.3 Å². The summed E-state index contributed by atoms with van der Waals surface area (Å²) in [4.78, 5) is 24.8. The van der Waals surface area contributed by atoms with Gasteiger partial charge in [-0.1, -0.05) is 12.8 Å². The molecule has 3 fully saturated rings. The summed E-state index contributed by atoms with van der Waals surface area (Å²) in [6, 6.07) is 0.910. The van der Waals surface area contributed by atoms with Crippen LogP contribution in [0.2, 0.25) is 0 Å². The number of hydrogen-bond acceptors (Lipinski definition) is 3. The second-order valence-electron chi connectivity index (χ2n) is 8.04. The van der Waals surface area contributed by atoms with Crippen molar-refractivity contribution in [1.29, 1.82) is 0 Å². The fraction of sp³-hybridized carbons (Fsp3) is 0.895. The largest absolute Gasteiger partial charge is 0.353 e. The van der Waals surface area contributed by atoms with Crippen LogP contribution in [0.4, 0.5) is 0 Å². The Morgan fingerprint density at radius 1 is 0.800 bits per heavy atom. The van der Waals surface area contributed by atoms with Crippen LogP contribution in [-0.4, -0.2) is 36.5 Å². The number of nitrogens with one attached hydrogen (secondary N) is 3. The van der Waals surface area contributed by atoms with Gasteiger partial charge in [-0.2, -0.15) is 0 Å². The zero-order valence-electron chi connectivity index (χ0n) is 15.4. The molecule has 1 aliphatic heterocycles. The zero-order chi connectivity index (χ0) is 16.9. The van der Waals surface area contributed by atoms with Gasteiger partial charge in [0.15, 0.2) is 0 Å². The van der Waals surface area contributed by atoms with Crippen LogP contribution in [0.25, 0.3) is 0 Å². The van der Waals surface area contributed by atoms with Crippen LogP contribution < -0.4 is 16.0 Å². The minimum Gasteiger partial charge on any atom is -0.353 e. The zero-order valence-corrected chi connectivity index (χ0v) is 16.2. The summed E-state index contributed by atoms with van der Waals surface area (Å²) in [5.41, 5.74) is 0. The first-order chi connectivity index (χ1) is 11.6. The van der Waals surface area contributed by atoms with Gasteiger partial charge in [-0.3, -0.25) is 9.59 Å². The van der Waals surface area contributed by atoms with Crippen LogP contribution in [0, 0.1) is 11.8 Å². The molecule has 5 nitrogen and oxygen atoms in total. The van der Waals surface area contributed by atoms with Crippen molar-refractivity contribution < 1.29 is 9.59 Å². The molecular formula is C19H34ClN3O2. The molecule has 144 valence electrons. The number of amides is 2. The smallest absolute Gasteiger partial charge is 0.223 e. The van der Waals surface area contributed by atoms with Crippen LogP contribution in [0.15, 0.2) is 0 Å². The minimum absolute atomic E-state index is 0. The molecule has 0 aromatic rings. The van der Waals surface area contributed by atoms with E-state index < -0.39 is 0 Å². The van der Waals surface area contributed by atoms with Crippen LogP contribution >= 0.6 is 12.4 Å². The van der Waals surface area contributed by atoms with Crippen molar-refractivity contribution in [2.24, 2.45) is 11.8 Å². The van der Waals surface area contributed by atoms with E-state index in [0.29, 0.717) is 6.04 Å². The third-order valence-electron chi connectivity index (χ3n) is 6.26. The normalized spacial score (nSPS) is 33.3. The van der Waals surface area contributed by atoms with Gasteiger partial charge in [0.1, 0.15) is 0 Å². The Morgan fingerprint density at radius 2 is 1.40 bits per heavy atom. The molecule has 2 unspecified atom stereocenters. The molecule has 0 aromatic heterocycles. The van der Waals surface area contributed by atoms with Crippen molar-refractivity contribution in [1.82, 2.24) is 16.0 Å². The van der Waals surface area contributed by atoms with E-state index in [-0.39, 0.29) is 48.1 Å². The lowest BCUT2D eigenvalue weighted by molar-refractivity contribution is -0.127. The highest BCUT2D eigenvalue weighted by molar-refractivity contribution is 5.85. The molecule has 2 aliphatic carbocycles. The number of carbonyl (C=O) groups excluding carboxylic acids is 2. The van der Waals surface area contributed by atoms with Gasteiger partial charge in [-0.25, -0.2) is 0 Å². The Hall–Kier alpha value is -0.810. The van der Waals surface area contributed by atoms with Gasteiger partial charge in [0.25, 0.3) is 0 Å². The lowest BCUT2D eigenvalue weighted by Gasteiger charge is -2.34. The van der Waals surface area contributed by atoms with Gasteiger partial charge in [0.05, 0.1) is 0 Å². The Morgan fingerprint density at radius 3 is 2.04 bits per heavy atom. The standard InChI is InChI=1S/C19H33N3O2.ClH/c1-13-17(7-4-12-20-13)22-19(24)15-8-10-16(11-9-15)21-18(23)14-5-2-3-6-14;/h13-17,20H,2-12H2,1H3,(H,21,23)(H,22,24);1H. The highest BCUT2D eigenvalue weighted by Gasteiger charge is 2.31. The SMILES string of the molecule is CC1NCCCC1NC(=O)C1CCC(NC(=O)C2CCCC2)CC1.Cl. The first kappa shape index (κ1) is 20.5.